The maximum atomic E-state index is 12.0. The third-order valence-electron chi connectivity index (χ3n) is 3.24. The summed E-state index contributed by atoms with van der Waals surface area (Å²) in [5.41, 5.74) is -4.65. The number of nitrogens with one attached hydrogen (secondary N) is 1. The fourth-order valence-electron chi connectivity index (χ4n) is 2.19. The Bertz CT molecular complexity index is 351. The predicted octanol–water partition coefficient (Wildman–Crippen LogP) is 3.48. The van der Waals surface area contributed by atoms with E-state index in [0.29, 0.717) is 32.1 Å². The number of rotatable bonds is 5. The van der Waals surface area contributed by atoms with E-state index in [2.05, 4.69) is 5.32 Å². The number of likely N-dealkylation sites (tertiary alicyclic amines) is 1. The second-order valence-corrected chi connectivity index (χ2v) is 7.57. The van der Waals surface area contributed by atoms with E-state index in [1.54, 1.807) is 4.90 Å². The third-order valence-corrected chi connectivity index (χ3v) is 3.98. The van der Waals surface area contributed by atoms with Gasteiger partial charge >= 0.3 is 11.6 Å². The van der Waals surface area contributed by atoms with E-state index in [1.807, 2.05) is 20.8 Å². The van der Waals surface area contributed by atoms with Crippen LogP contribution in [-0.4, -0.2) is 54.0 Å². The number of piperidine rings is 1. The van der Waals surface area contributed by atoms with Crippen LogP contribution in [0.25, 0.3) is 0 Å². The summed E-state index contributed by atoms with van der Waals surface area (Å²) in [6, 6.07) is 0. The molecule has 1 amide bonds. The quantitative estimate of drug-likeness (QED) is 0.777. The van der Waals surface area contributed by atoms with E-state index in [1.165, 1.54) is 0 Å². The zero-order valence-electron chi connectivity index (χ0n) is 13.3. The van der Waals surface area contributed by atoms with Gasteiger partial charge < -0.3 is 15.0 Å². The van der Waals surface area contributed by atoms with E-state index in [4.69, 9.17) is 4.74 Å². The first-order valence-corrected chi connectivity index (χ1v) is 8.45. The summed E-state index contributed by atoms with van der Waals surface area (Å²) in [5.74, 6) is 0.426. The molecule has 1 aliphatic heterocycles. The molecule has 1 aliphatic rings. The Labute approximate surface area is 134 Å². The van der Waals surface area contributed by atoms with Gasteiger partial charge in [-0.05, 0) is 57.8 Å². The van der Waals surface area contributed by atoms with Crippen molar-refractivity contribution >= 4 is 17.9 Å². The van der Waals surface area contributed by atoms with Gasteiger partial charge in [-0.25, -0.2) is 4.79 Å². The highest BCUT2D eigenvalue weighted by Gasteiger charge is 2.28. The normalized spacial score (nSPS) is 17.6. The summed E-state index contributed by atoms with van der Waals surface area (Å²) >= 11 is -0.00221. The lowest BCUT2D eigenvalue weighted by Crippen LogP contribution is -2.43. The van der Waals surface area contributed by atoms with Crippen molar-refractivity contribution < 1.29 is 22.7 Å². The zero-order chi connectivity index (χ0) is 16.8. The Morgan fingerprint density at radius 2 is 1.86 bits per heavy atom. The van der Waals surface area contributed by atoms with Crippen LogP contribution in [0.5, 0.6) is 0 Å². The summed E-state index contributed by atoms with van der Waals surface area (Å²) in [6.45, 7) is 7.82. The lowest BCUT2D eigenvalue weighted by molar-refractivity contribution is -0.0327. The first-order chi connectivity index (χ1) is 10.1. The minimum Gasteiger partial charge on any atom is -0.444 e. The Balaban J connectivity index is 2.14. The molecule has 130 valence electrons. The highest BCUT2D eigenvalue weighted by Crippen LogP contribution is 2.29. The van der Waals surface area contributed by atoms with Crippen molar-refractivity contribution in [3.05, 3.63) is 0 Å². The molecule has 22 heavy (non-hydrogen) atoms. The fourth-order valence-corrected chi connectivity index (χ4v) is 2.67. The molecule has 0 aromatic rings. The van der Waals surface area contributed by atoms with Gasteiger partial charge in [0.25, 0.3) is 0 Å². The second kappa shape index (κ2) is 8.29. The van der Waals surface area contributed by atoms with Crippen LogP contribution < -0.4 is 5.32 Å². The lowest BCUT2D eigenvalue weighted by atomic mass is 9.97. The first-order valence-electron chi connectivity index (χ1n) is 7.46. The average Bonchev–Trinajstić information content (AvgIpc) is 2.35. The number of amides is 1. The van der Waals surface area contributed by atoms with Crippen LogP contribution in [0.2, 0.25) is 0 Å². The molecule has 0 atom stereocenters. The smallest absolute Gasteiger partial charge is 0.441 e. The minimum atomic E-state index is -4.15. The van der Waals surface area contributed by atoms with Gasteiger partial charge in [-0.2, -0.15) is 13.2 Å². The van der Waals surface area contributed by atoms with Crippen LogP contribution in [0.15, 0.2) is 0 Å². The molecule has 0 bridgehead atoms. The van der Waals surface area contributed by atoms with Crippen molar-refractivity contribution in [3.63, 3.8) is 0 Å². The van der Waals surface area contributed by atoms with Gasteiger partial charge in [-0.3, -0.25) is 0 Å². The molecule has 0 unspecified atom stereocenters. The number of hydrogen-bond donors (Lipinski definition) is 1. The number of carbonyl (C=O) groups is 1. The molecule has 0 spiro atoms. The number of ether oxygens (including phenoxy) is 1. The lowest BCUT2D eigenvalue weighted by Gasteiger charge is -2.33. The molecule has 1 heterocycles. The van der Waals surface area contributed by atoms with Crippen LogP contribution in [-0.2, 0) is 4.74 Å². The summed E-state index contributed by atoms with van der Waals surface area (Å²) in [5, 5.41) is 3.05. The molecule has 4 nitrogen and oxygen atoms in total. The van der Waals surface area contributed by atoms with Gasteiger partial charge in [0.15, 0.2) is 0 Å². The van der Waals surface area contributed by atoms with Crippen molar-refractivity contribution in [1.82, 2.24) is 10.2 Å². The standard InChI is InChI=1S/C14H25F3N2O2S/c1-13(2,3)21-12(20)19-7-4-11(5-8-19)10-18-6-9-22-14(15,16)17/h11,18H,4-10H2,1-3H3. The predicted molar refractivity (Wildman–Crippen MR) is 81.9 cm³/mol. The topological polar surface area (TPSA) is 41.6 Å². The molecule has 0 aromatic carbocycles. The molecule has 1 N–H and O–H groups in total. The average molecular weight is 342 g/mol. The number of hydrogen-bond acceptors (Lipinski definition) is 4. The highest BCUT2D eigenvalue weighted by molar-refractivity contribution is 8.00. The molecule has 1 saturated heterocycles. The van der Waals surface area contributed by atoms with Crippen molar-refractivity contribution in [2.75, 3.05) is 31.9 Å². The molecule has 1 rings (SSSR count). The van der Waals surface area contributed by atoms with Crippen LogP contribution in [0, 0.1) is 5.92 Å². The van der Waals surface area contributed by atoms with E-state index < -0.39 is 11.1 Å². The van der Waals surface area contributed by atoms with Crippen LogP contribution >= 0.6 is 11.8 Å². The molecule has 0 radical (unpaired) electrons. The summed E-state index contributed by atoms with van der Waals surface area (Å²) in [6.07, 6.45) is 1.40. The van der Waals surface area contributed by atoms with Gasteiger partial charge in [0.05, 0.1) is 0 Å². The van der Waals surface area contributed by atoms with Gasteiger partial charge in [0.2, 0.25) is 0 Å². The van der Waals surface area contributed by atoms with Crippen LogP contribution in [0.3, 0.4) is 0 Å². The summed E-state index contributed by atoms with van der Waals surface area (Å²) in [4.78, 5) is 13.6. The molecule has 1 fully saturated rings. The molecular weight excluding hydrogens is 317 g/mol. The van der Waals surface area contributed by atoms with Gasteiger partial charge in [0.1, 0.15) is 5.60 Å². The highest BCUT2D eigenvalue weighted by atomic mass is 32.2. The number of carbonyl (C=O) groups excluding carboxylic acids is 1. The maximum Gasteiger partial charge on any atom is 0.441 e. The largest absolute Gasteiger partial charge is 0.444 e. The van der Waals surface area contributed by atoms with Crippen molar-refractivity contribution in [3.8, 4) is 0 Å². The summed E-state index contributed by atoms with van der Waals surface area (Å²) < 4.78 is 41.2. The van der Waals surface area contributed by atoms with Crippen LogP contribution in [0.1, 0.15) is 33.6 Å². The maximum absolute atomic E-state index is 12.0. The van der Waals surface area contributed by atoms with E-state index in [0.717, 1.165) is 12.8 Å². The van der Waals surface area contributed by atoms with E-state index in [-0.39, 0.29) is 23.6 Å². The van der Waals surface area contributed by atoms with E-state index >= 15 is 0 Å². The molecule has 0 aromatic heterocycles. The van der Waals surface area contributed by atoms with Gasteiger partial charge in [-0.1, -0.05) is 0 Å². The minimum absolute atomic E-state index is 0.00221. The molecular formula is C14H25F3N2O2S. The number of thioether (sulfide) groups is 1. The SMILES string of the molecule is CC(C)(C)OC(=O)N1CCC(CNCCSC(F)(F)F)CC1. The van der Waals surface area contributed by atoms with Crippen LogP contribution in [0.4, 0.5) is 18.0 Å². The Morgan fingerprint density at radius 3 is 2.36 bits per heavy atom. The zero-order valence-corrected chi connectivity index (χ0v) is 14.1. The number of halogens is 3. The monoisotopic (exact) mass is 342 g/mol. The third kappa shape index (κ3) is 8.73. The number of nitrogens with zero attached hydrogens (tertiary/aromatic N) is 1. The van der Waals surface area contributed by atoms with Gasteiger partial charge in [-0.15, -0.1) is 0 Å². The first kappa shape index (κ1) is 19.4. The van der Waals surface area contributed by atoms with Crippen molar-refractivity contribution in [2.24, 2.45) is 5.92 Å². The van der Waals surface area contributed by atoms with Crippen molar-refractivity contribution in [1.29, 1.82) is 0 Å². The molecule has 8 heteroatoms. The Kier molecular flexibility index (Phi) is 7.31. The van der Waals surface area contributed by atoms with Crippen molar-refractivity contribution in [2.45, 2.75) is 44.7 Å². The fraction of sp³-hybridized carbons (Fsp3) is 0.929. The molecule has 0 saturated carbocycles. The van der Waals surface area contributed by atoms with Gasteiger partial charge in [0, 0.05) is 25.4 Å². The summed E-state index contributed by atoms with van der Waals surface area (Å²) in [7, 11) is 0. The Hall–Kier alpha value is -0.630. The Morgan fingerprint density at radius 1 is 1.27 bits per heavy atom. The second-order valence-electron chi connectivity index (χ2n) is 6.41. The van der Waals surface area contributed by atoms with E-state index in [9.17, 15) is 18.0 Å². The number of alkyl halides is 3. The molecule has 0 aliphatic carbocycles.